The van der Waals surface area contributed by atoms with Crippen molar-refractivity contribution in [1.29, 1.82) is 0 Å². The number of aromatic nitrogens is 2. The second kappa shape index (κ2) is 6.72. The number of carbonyl (C=O) groups excluding carboxylic acids is 1. The summed E-state index contributed by atoms with van der Waals surface area (Å²) in [5, 5.41) is 2.78. The number of anilines is 1. The molecule has 3 aromatic carbocycles. The van der Waals surface area contributed by atoms with Crippen LogP contribution in [0.3, 0.4) is 0 Å². The van der Waals surface area contributed by atoms with Crippen LogP contribution in [-0.4, -0.2) is 15.5 Å². The number of nitrogens with one attached hydrogen (secondary N) is 1. The molecule has 0 aliphatic rings. The van der Waals surface area contributed by atoms with E-state index >= 15 is 0 Å². The van der Waals surface area contributed by atoms with Crippen LogP contribution in [0.2, 0.25) is 0 Å². The minimum Gasteiger partial charge on any atom is -0.322 e. The van der Waals surface area contributed by atoms with Gasteiger partial charge in [-0.3, -0.25) is 9.36 Å². The maximum Gasteiger partial charge on any atom is 0.256 e. The zero-order valence-corrected chi connectivity index (χ0v) is 15.1. The first kappa shape index (κ1) is 16.5. The lowest BCUT2D eigenvalue weighted by Gasteiger charge is -2.09. The molecule has 1 aromatic heterocycles. The molecule has 0 spiro atoms. The van der Waals surface area contributed by atoms with Crippen LogP contribution in [0.25, 0.3) is 16.7 Å². The molecular formula is C20H13BrFN3O. The molecule has 0 fully saturated rings. The van der Waals surface area contributed by atoms with Crippen molar-refractivity contribution >= 4 is 38.6 Å². The van der Waals surface area contributed by atoms with E-state index in [4.69, 9.17) is 0 Å². The summed E-state index contributed by atoms with van der Waals surface area (Å²) in [6.45, 7) is 0. The second-order valence-electron chi connectivity index (χ2n) is 5.73. The second-order valence-corrected chi connectivity index (χ2v) is 6.58. The van der Waals surface area contributed by atoms with E-state index in [1.807, 2.05) is 41.0 Å². The zero-order valence-electron chi connectivity index (χ0n) is 13.5. The molecule has 0 saturated carbocycles. The van der Waals surface area contributed by atoms with E-state index in [-0.39, 0.29) is 11.5 Å². The van der Waals surface area contributed by atoms with Gasteiger partial charge in [-0.1, -0.05) is 12.1 Å². The first-order valence-electron chi connectivity index (χ1n) is 7.91. The first-order valence-corrected chi connectivity index (χ1v) is 8.70. The third kappa shape index (κ3) is 3.11. The number of rotatable bonds is 3. The SMILES string of the molecule is O=C(Nc1ccc(-n2cnc3ccccc32)cc1)c1cc(F)ccc1Br. The van der Waals surface area contributed by atoms with E-state index in [1.165, 1.54) is 18.2 Å². The van der Waals surface area contributed by atoms with E-state index in [2.05, 4.69) is 26.2 Å². The average molecular weight is 410 g/mol. The largest absolute Gasteiger partial charge is 0.322 e. The van der Waals surface area contributed by atoms with Crippen LogP contribution in [0.5, 0.6) is 0 Å². The maximum atomic E-state index is 13.4. The molecule has 0 saturated heterocycles. The van der Waals surface area contributed by atoms with Gasteiger partial charge in [-0.05, 0) is 70.5 Å². The molecule has 0 aliphatic heterocycles. The predicted octanol–water partition coefficient (Wildman–Crippen LogP) is 5.18. The Kier molecular flexibility index (Phi) is 4.26. The summed E-state index contributed by atoms with van der Waals surface area (Å²) in [4.78, 5) is 16.7. The fourth-order valence-corrected chi connectivity index (χ4v) is 3.17. The Labute approximate surface area is 157 Å². The van der Waals surface area contributed by atoms with Crippen molar-refractivity contribution in [3.05, 3.63) is 88.9 Å². The highest BCUT2D eigenvalue weighted by Gasteiger charge is 2.12. The van der Waals surface area contributed by atoms with Crippen LogP contribution >= 0.6 is 15.9 Å². The molecule has 0 unspecified atom stereocenters. The molecule has 4 aromatic rings. The van der Waals surface area contributed by atoms with Crippen molar-refractivity contribution in [2.75, 3.05) is 5.32 Å². The van der Waals surface area contributed by atoms with Gasteiger partial charge in [-0.2, -0.15) is 0 Å². The normalized spacial score (nSPS) is 10.8. The number of nitrogens with zero attached hydrogens (tertiary/aromatic N) is 2. The highest BCUT2D eigenvalue weighted by atomic mass is 79.9. The Morgan fingerprint density at radius 1 is 1.04 bits per heavy atom. The van der Waals surface area contributed by atoms with Gasteiger partial charge in [-0.15, -0.1) is 0 Å². The summed E-state index contributed by atoms with van der Waals surface area (Å²) >= 11 is 3.27. The van der Waals surface area contributed by atoms with E-state index in [1.54, 1.807) is 18.5 Å². The summed E-state index contributed by atoms with van der Waals surface area (Å²) in [6.07, 6.45) is 1.77. The minimum atomic E-state index is -0.458. The molecule has 0 radical (unpaired) electrons. The number of halogens is 2. The van der Waals surface area contributed by atoms with Crippen molar-refractivity contribution in [3.8, 4) is 5.69 Å². The fraction of sp³-hybridized carbons (Fsp3) is 0. The topological polar surface area (TPSA) is 46.9 Å². The minimum absolute atomic E-state index is 0.245. The molecule has 4 nitrogen and oxygen atoms in total. The number of para-hydroxylation sites is 2. The number of hydrogen-bond acceptors (Lipinski definition) is 2. The summed E-state index contributed by atoms with van der Waals surface area (Å²) in [5.41, 5.74) is 3.73. The van der Waals surface area contributed by atoms with Crippen molar-refractivity contribution < 1.29 is 9.18 Å². The molecule has 0 atom stereocenters. The number of carbonyl (C=O) groups is 1. The lowest BCUT2D eigenvalue weighted by Crippen LogP contribution is -2.13. The quantitative estimate of drug-likeness (QED) is 0.506. The number of amides is 1. The lowest BCUT2D eigenvalue weighted by atomic mass is 10.2. The zero-order chi connectivity index (χ0) is 18.1. The van der Waals surface area contributed by atoms with Crippen molar-refractivity contribution in [3.63, 3.8) is 0 Å². The molecule has 1 heterocycles. The van der Waals surface area contributed by atoms with Crippen LogP contribution < -0.4 is 5.32 Å². The number of imidazole rings is 1. The molecule has 128 valence electrons. The smallest absolute Gasteiger partial charge is 0.256 e. The van der Waals surface area contributed by atoms with E-state index < -0.39 is 5.82 Å². The Morgan fingerprint density at radius 3 is 2.62 bits per heavy atom. The van der Waals surface area contributed by atoms with Gasteiger partial charge in [0, 0.05) is 15.8 Å². The van der Waals surface area contributed by atoms with Gasteiger partial charge in [0.2, 0.25) is 0 Å². The number of fused-ring (bicyclic) bond motifs is 1. The van der Waals surface area contributed by atoms with Crippen LogP contribution in [0.15, 0.2) is 77.5 Å². The highest BCUT2D eigenvalue weighted by molar-refractivity contribution is 9.10. The summed E-state index contributed by atoms with van der Waals surface area (Å²) < 4.78 is 15.9. The molecule has 26 heavy (non-hydrogen) atoms. The molecule has 4 rings (SSSR count). The van der Waals surface area contributed by atoms with E-state index in [0.717, 1.165) is 16.7 Å². The van der Waals surface area contributed by atoms with Crippen LogP contribution in [0.4, 0.5) is 10.1 Å². The van der Waals surface area contributed by atoms with Gasteiger partial charge in [0.25, 0.3) is 5.91 Å². The summed E-state index contributed by atoms with van der Waals surface area (Å²) in [7, 11) is 0. The predicted molar refractivity (Wildman–Crippen MR) is 103 cm³/mol. The summed E-state index contributed by atoms with van der Waals surface area (Å²) in [6, 6.07) is 19.3. The Bertz CT molecular complexity index is 1110. The highest BCUT2D eigenvalue weighted by Crippen LogP contribution is 2.22. The molecule has 0 bridgehead atoms. The van der Waals surface area contributed by atoms with Gasteiger partial charge < -0.3 is 5.32 Å². The Balaban J connectivity index is 1.58. The molecule has 0 aliphatic carbocycles. The Morgan fingerprint density at radius 2 is 1.81 bits per heavy atom. The van der Waals surface area contributed by atoms with Gasteiger partial charge in [0.05, 0.1) is 16.6 Å². The van der Waals surface area contributed by atoms with Gasteiger partial charge in [0.15, 0.2) is 0 Å². The molecule has 1 amide bonds. The third-order valence-electron chi connectivity index (χ3n) is 4.03. The van der Waals surface area contributed by atoms with Crippen molar-refractivity contribution in [1.82, 2.24) is 9.55 Å². The van der Waals surface area contributed by atoms with Gasteiger partial charge >= 0.3 is 0 Å². The number of benzene rings is 3. The molecular weight excluding hydrogens is 397 g/mol. The van der Waals surface area contributed by atoms with E-state index in [0.29, 0.717) is 10.2 Å². The lowest BCUT2D eigenvalue weighted by molar-refractivity contribution is 0.102. The van der Waals surface area contributed by atoms with E-state index in [9.17, 15) is 9.18 Å². The third-order valence-corrected chi connectivity index (χ3v) is 4.72. The van der Waals surface area contributed by atoms with Crippen LogP contribution in [0.1, 0.15) is 10.4 Å². The number of hydrogen-bond donors (Lipinski definition) is 1. The monoisotopic (exact) mass is 409 g/mol. The molecule has 1 N–H and O–H groups in total. The standard InChI is InChI=1S/C20H13BrFN3O/c21-17-10-5-13(22)11-16(17)20(26)24-14-6-8-15(9-7-14)25-12-23-18-3-1-2-4-19(18)25/h1-12H,(H,24,26). The Hall–Kier alpha value is -2.99. The average Bonchev–Trinajstić information content (AvgIpc) is 3.08. The van der Waals surface area contributed by atoms with Crippen molar-refractivity contribution in [2.24, 2.45) is 0 Å². The van der Waals surface area contributed by atoms with Crippen molar-refractivity contribution in [2.45, 2.75) is 0 Å². The molecule has 6 heteroatoms. The van der Waals surface area contributed by atoms with Crippen LogP contribution in [0, 0.1) is 5.82 Å². The van der Waals surface area contributed by atoms with Gasteiger partial charge in [-0.25, -0.2) is 9.37 Å². The van der Waals surface area contributed by atoms with Crippen LogP contribution in [-0.2, 0) is 0 Å². The first-order chi connectivity index (χ1) is 12.6. The fourth-order valence-electron chi connectivity index (χ4n) is 2.74. The summed E-state index contributed by atoms with van der Waals surface area (Å²) in [5.74, 6) is -0.835. The maximum absolute atomic E-state index is 13.4. The van der Waals surface area contributed by atoms with Gasteiger partial charge in [0.1, 0.15) is 12.1 Å².